The molecular weight excluding hydrogens is 624 g/mol. The third-order valence-electron chi connectivity index (χ3n) is 5.48. The van der Waals surface area contributed by atoms with Crippen LogP contribution >= 0.6 is 58.2 Å². The number of hydrogen-bond acceptors (Lipinski definition) is 4. The number of rotatable bonds is 9. The molecule has 0 aliphatic carbocycles. The first-order chi connectivity index (χ1) is 19.7. The second-order valence-electron chi connectivity index (χ2n) is 8.46. The summed E-state index contributed by atoms with van der Waals surface area (Å²) in [6.07, 6.45) is 1.42. The number of nitrogens with one attached hydrogen (secondary N) is 3. The number of halogens is 4. The number of carbonyl (C=O) groups excluding carboxylic acids is 3. The van der Waals surface area contributed by atoms with E-state index in [9.17, 15) is 14.4 Å². The molecule has 0 atom stereocenters. The van der Waals surface area contributed by atoms with Gasteiger partial charge in [0.05, 0.1) is 16.5 Å². The lowest BCUT2D eigenvalue weighted by Crippen LogP contribution is -2.30. The zero-order valence-electron chi connectivity index (χ0n) is 21.1. The molecule has 4 aromatic rings. The van der Waals surface area contributed by atoms with Crippen LogP contribution in [0.4, 0.5) is 11.4 Å². The average Bonchev–Trinajstić information content (AvgIpc) is 2.95. The summed E-state index contributed by atoms with van der Waals surface area (Å²) in [7, 11) is 0. The van der Waals surface area contributed by atoms with Gasteiger partial charge in [-0.15, -0.1) is 11.8 Å². The summed E-state index contributed by atoms with van der Waals surface area (Å²) in [6.45, 7) is 0. The van der Waals surface area contributed by atoms with Crippen molar-refractivity contribution in [1.29, 1.82) is 0 Å². The number of amides is 3. The molecule has 11 heteroatoms. The molecule has 0 aliphatic heterocycles. The van der Waals surface area contributed by atoms with E-state index in [4.69, 9.17) is 46.4 Å². The second-order valence-corrected chi connectivity index (χ2v) is 11.2. The first-order valence-corrected chi connectivity index (χ1v) is 14.5. The van der Waals surface area contributed by atoms with Crippen LogP contribution in [0.2, 0.25) is 20.1 Å². The molecule has 0 spiro atoms. The van der Waals surface area contributed by atoms with Crippen LogP contribution in [0, 0.1) is 0 Å². The van der Waals surface area contributed by atoms with Crippen LogP contribution in [0.25, 0.3) is 6.08 Å². The zero-order valence-corrected chi connectivity index (χ0v) is 24.9. The van der Waals surface area contributed by atoms with Crippen molar-refractivity contribution in [1.82, 2.24) is 5.32 Å². The topological polar surface area (TPSA) is 87.3 Å². The molecule has 3 amide bonds. The zero-order chi connectivity index (χ0) is 29.4. The highest BCUT2D eigenvalue weighted by Gasteiger charge is 2.17. The van der Waals surface area contributed by atoms with Gasteiger partial charge in [-0.05, 0) is 66.7 Å². The Morgan fingerprint density at radius 1 is 0.732 bits per heavy atom. The highest BCUT2D eigenvalue weighted by molar-refractivity contribution is 8.00. The lowest BCUT2D eigenvalue weighted by Gasteiger charge is -2.13. The Hall–Kier alpha value is -3.46. The van der Waals surface area contributed by atoms with Crippen LogP contribution in [0.5, 0.6) is 0 Å². The van der Waals surface area contributed by atoms with Gasteiger partial charge in [-0.3, -0.25) is 14.4 Å². The largest absolute Gasteiger partial charge is 0.324 e. The van der Waals surface area contributed by atoms with Crippen molar-refractivity contribution in [2.45, 2.75) is 4.90 Å². The number of thioether (sulfide) groups is 1. The molecule has 6 nitrogen and oxygen atoms in total. The lowest BCUT2D eigenvalue weighted by atomic mass is 10.1. The molecule has 4 aromatic carbocycles. The molecule has 0 saturated heterocycles. The van der Waals surface area contributed by atoms with E-state index < -0.39 is 11.8 Å². The van der Waals surface area contributed by atoms with E-state index >= 15 is 0 Å². The summed E-state index contributed by atoms with van der Waals surface area (Å²) < 4.78 is 0. The third-order valence-corrected chi connectivity index (χ3v) is 7.69. The average molecular weight is 645 g/mol. The smallest absolute Gasteiger partial charge is 0.272 e. The highest BCUT2D eigenvalue weighted by atomic mass is 35.5. The summed E-state index contributed by atoms with van der Waals surface area (Å²) in [4.78, 5) is 39.5. The number of benzene rings is 4. The summed E-state index contributed by atoms with van der Waals surface area (Å²) in [5, 5.41) is 9.62. The van der Waals surface area contributed by atoms with Gasteiger partial charge in [0, 0.05) is 36.8 Å². The molecule has 0 bridgehead atoms. The minimum atomic E-state index is -0.595. The number of anilines is 2. The standard InChI is InChI=1S/C30H21Cl4N3O3S/c31-19-12-13-26(25(34)14-19)36-28(38)17-41-21-9-4-8-20(15-21)35-30(40)27(16-22-23(32)10-5-11-24(22)33)37-29(39)18-6-2-1-3-7-18/h1-16H,17H2,(H,35,40)(H,36,38)(H,37,39)/b27-16+. The molecule has 0 saturated carbocycles. The highest BCUT2D eigenvalue weighted by Crippen LogP contribution is 2.28. The van der Waals surface area contributed by atoms with Crippen molar-refractivity contribution in [2.24, 2.45) is 0 Å². The van der Waals surface area contributed by atoms with Crippen molar-refractivity contribution in [3.8, 4) is 0 Å². The van der Waals surface area contributed by atoms with Crippen LogP contribution in [-0.4, -0.2) is 23.5 Å². The summed E-state index contributed by atoms with van der Waals surface area (Å²) in [6, 6.07) is 25.2. The van der Waals surface area contributed by atoms with Gasteiger partial charge < -0.3 is 16.0 Å². The molecule has 41 heavy (non-hydrogen) atoms. The van der Waals surface area contributed by atoms with Gasteiger partial charge in [-0.2, -0.15) is 0 Å². The molecule has 4 rings (SSSR count). The Morgan fingerprint density at radius 2 is 1.44 bits per heavy atom. The van der Waals surface area contributed by atoms with E-state index in [1.165, 1.54) is 17.8 Å². The molecule has 0 heterocycles. The van der Waals surface area contributed by atoms with E-state index in [-0.39, 0.29) is 17.4 Å². The van der Waals surface area contributed by atoms with Gasteiger partial charge in [0.15, 0.2) is 0 Å². The Bertz CT molecular complexity index is 1610. The molecule has 0 aliphatic rings. The van der Waals surface area contributed by atoms with Gasteiger partial charge in [0.25, 0.3) is 11.8 Å². The Morgan fingerprint density at radius 3 is 2.15 bits per heavy atom. The van der Waals surface area contributed by atoms with Crippen molar-refractivity contribution < 1.29 is 14.4 Å². The van der Waals surface area contributed by atoms with E-state index in [0.29, 0.717) is 42.6 Å². The lowest BCUT2D eigenvalue weighted by molar-refractivity contribution is -0.114. The second kappa shape index (κ2) is 14.4. The minimum Gasteiger partial charge on any atom is -0.324 e. The normalized spacial score (nSPS) is 11.1. The van der Waals surface area contributed by atoms with Gasteiger partial charge in [0.2, 0.25) is 5.91 Å². The molecular formula is C30H21Cl4N3O3S. The fourth-order valence-corrected chi connectivity index (χ4v) is 5.24. The van der Waals surface area contributed by atoms with Gasteiger partial charge in [-0.1, -0.05) is 76.7 Å². The Balaban J connectivity index is 1.48. The molecule has 0 unspecified atom stereocenters. The van der Waals surface area contributed by atoms with Crippen molar-refractivity contribution in [3.63, 3.8) is 0 Å². The summed E-state index contributed by atoms with van der Waals surface area (Å²) in [5.41, 5.74) is 1.59. The van der Waals surface area contributed by atoms with Crippen molar-refractivity contribution in [3.05, 3.63) is 128 Å². The van der Waals surface area contributed by atoms with Gasteiger partial charge in [-0.25, -0.2) is 0 Å². The van der Waals surface area contributed by atoms with Gasteiger partial charge >= 0.3 is 0 Å². The minimum absolute atomic E-state index is 0.0638. The molecule has 0 aromatic heterocycles. The third kappa shape index (κ3) is 8.76. The van der Waals surface area contributed by atoms with E-state index in [2.05, 4.69) is 16.0 Å². The summed E-state index contributed by atoms with van der Waals surface area (Å²) >= 11 is 25.9. The van der Waals surface area contributed by atoms with Crippen molar-refractivity contribution in [2.75, 3.05) is 16.4 Å². The first-order valence-electron chi connectivity index (χ1n) is 12.0. The van der Waals surface area contributed by atoms with Crippen LogP contribution in [-0.2, 0) is 9.59 Å². The van der Waals surface area contributed by atoms with E-state index in [1.54, 1.807) is 91.0 Å². The predicted molar refractivity (Wildman–Crippen MR) is 169 cm³/mol. The maximum Gasteiger partial charge on any atom is 0.272 e. The van der Waals surface area contributed by atoms with Crippen LogP contribution in [0.15, 0.2) is 102 Å². The quantitative estimate of drug-likeness (QED) is 0.126. The number of hydrogen-bond donors (Lipinski definition) is 3. The van der Waals surface area contributed by atoms with E-state index in [1.807, 2.05) is 0 Å². The number of carbonyl (C=O) groups is 3. The maximum absolute atomic E-state index is 13.4. The van der Waals surface area contributed by atoms with Crippen LogP contribution in [0.3, 0.4) is 0 Å². The van der Waals surface area contributed by atoms with E-state index in [0.717, 1.165) is 4.90 Å². The Kier molecular flexibility index (Phi) is 10.7. The molecule has 0 fully saturated rings. The Labute approximate surface area is 261 Å². The predicted octanol–water partition coefficient (Wildman–Crippen LogP) is 8.44. The molecule has 208 valence electrons. The van der Waals surface area contributed by atoms with Crippen molar-refractivity contribution >= 4 is 93.3 Å². The monoisotopic (exact) mass is 643 g/mol. The fourth-order valence-electron chi connectivity index (χ4n) is 3.52. The summed E-state index contributed by atoms with van der Waals surface area (Å²) in [5.74, 6) is -1.24. The van der Waals surface area contributed by atoms with Crippen LogP contribution in [0.1, 0.15) is 15.9 Å². The molecule has 3 N–H and O–H groups in total. The van der Waals surface area contributed by atoms with Crippen LogP contribution < -0.4 is 16.0 Å². The fraction of sp³-hybridized carbons (Fsp3) is 0.0333. The maximum atomic E-state index is 13.4. The first kappa shape index (κ1) is 30.5. The SMILES string of the molecule is O=C(CSc1cccc(NC(=O)/C(=C\c2c(Cl)cccc2Cl)NC(=O)c2ccccc2)c1)Nc1ccc(Cl)cc1Cl. The molecule has 0 radical (unpaired) electrons. The van der Waals surface area contributed by atoms with Gasteiger partial charge in [0.1, 0.15) is 5.70 Å².